The molecule has 10 atom stereocenters. The van der Waals surface area contributed by atoms with E-state index in [1.807, 2.05) is 0 Å². The van der Waals surface area contributed by atoms with Crippen LogP contribution in [0.1, 0.15) is 95.4 Å². The summed E-state index contributed by atoms with van der Waals surface area (Å²) in [4.78, 5) is 106. The summed E-state index contributed by atoms with van der Waals surface area (Å²) in [5, 5.41) is 12.7. The first-order chi connectivity index (χ1) is 23.8. The van der Waals surface area contributed by atoms with Crippen LogP contribution in [-0.2, 0) is 71.5 Å². The zero-order valence-corrected chi connectivity index (χ0v) is 31.5. The second-order valence-corrected chi connectivity index (χ2v) is 15.0. The maximum absolute atomic E-state index is 14.6. The van der Waals surface area contributed by atoms with Crippen LogP contribution in [0, 0.1) is 23.2 Å². The van der Waals surface area contributed by atoms with Gasteiger partial charge in [-0.25, -0.2) is 0 Å². The van der Waals surface area contributed by atoms with Gasteiger partial charge in [0.1, 0.15) is 11.2 Å². The number of allylic oxidation sites excluding steroid dienone is 1. The Hall–Kier alpha value is -4.34. The molecular weight excluding hydrogens is 688 g/mol. The summed E-state index contributed by atoms with van der Waals surface area (Å²) in [7, 11) is 0. The van der Waals surface area contributed by atoms with Crippen molar-refractivity contribution in [1.29, 1.82) is 0 Å². The van der Waals surface area contributed by atoms with Gasteiger partial charge in [0.05, 0.1) is 11.8 Å². The normalized spacial score (nSPS) is 36.3. The Morgan fingerprint density at radius 1 is 0.788 bits per heavy atom. The van der Waals surface area contributed by atoms with Crippen molar-refractivity contribution in [3.8, 4) is 0 Å². The minimum Gasteiger partial charge on any atom is -0.458 e. The molecule has 1 aliphatic heterocycles. The van der Waals surface area contributed by atoms with E-state index in [2.05, 4.69) is 0 Å². The summed E-state index contributed by atoms with van der Waals surface area (Å²) in [6.45, 7) is 14.1. The highest BCUT2D eigenvalue weighted by molar-refractivity contribution is 5.92. The van der Waals surface area contributed by atoms with Crippen molar-refractivity contribution in [1.82, 2.24) is 0 Å². The highest BCUT2D eigenvalue weighted by atomic mass is 16.7. The van der Waals surface area contributed by atoms with Crippen LogP contribution in [0.4, 0.5) is 0 Å². The highest BCUT2D eigenvalue weighted by Gasteiger charge is 2.75. The minimum atomic E-state index is -2.66. The highest BCUT2D eigenvalue weighted by Crippen LogP contribution is 2.55. The second kappa shape index (κ2) is 15.3. The Labute approximate surface area is 302 Å². The van der Waals surface area contributed by atoms with Crippen molar-refractivity contribution in [2.24, 2.45) is 23.2 Å². The van der Waals surface area contributed by atoms with Gasteiger partial charge in [0.2, 0.25) is 0 Å². The maximum atomic E-state index is 14.6. The van der Waals surface area contributed by atoms with E-state index in [0.717, 1.165) is 34.6 Å². The van der Waals surface area contributed by atoms with Gasteiger partial charge in [0.15, 0.2) is 41.9 Å². The van der Waals surface area contributed by atoms with E-state index in [9.17, 15) is 43.5 Å². The summed E-state index contributed by atoms with van der Waals surface area (Å²) in [6, 6.07) is 0. The summed E-state index contributed by atoms with van der Waals surface area (Å²) < 4.78 is 41.1. The monoisotopic (exact) mass is 738 g/mol. The van der Waals surface area contributed by atoms with Crippen LogP contribution in [0.2, 0.25) is 0 Å². The molecule has 0 aromatic rings. The first-order valence-electron chi connectivity index (χ1n) is 17.1. The van der Waals surface area contributed by atoms with E-state index in [4.69, 9.17) is 33.2 Å². The predicted molar refractivity (Wildman–Crippen MR) is 175 cm³/mol. The van der Waals surface area contributed by atoms with Crippen LogP contribution < -0.4 is 0 Å². The Balaban J connectivity index is 2.66. The van der Waals surface area contributed by atoms with Gasteiger partial charge in [0, 0.05) is 65.2 Å². The van der Waals surface area contributed by atoms with Crippen molar-refractivity contribution >= 4 is 47.6 Å². The van der Waals surface area contributed by atoms with Crippen LogP contribution in [0.5, 0.6) is 0 Å². The van der Waals surface area contributed by atoms with Gasteiger partial charge < -0.3 is 38.3 Å². The van der Waals surface area contributed by atoms with Crippen molar-refractivity contribution < 1.29 is 76.6 Å². The molecule has 0 spiro atoms. The lowest BCUT2D eigenvalue weighted by Gasteiger charge is -2.53. The third kappa shape index (κ3) is 8.48. The second-order valence-electron chi connectivity index (χ2n) is 15.0. The molecule has 0 radical (unpaired) electrons. The van der Waals surface area contributed by atoms with Crippen LogP contribution in [0.25, 0.3) is 0 Å². The molecule has 2 aliphatic carbocycles. The molecule has 0 aromatic heterocycles. The fraction of sp³-hybridized carbons (Fsp3) is 0.722. The molecule has 2 fully saturated rings. The molecule has 0 aromatic carbocycles. The van der Waals surface area contributed by atoms with Crippen molar-refractivity contribution in [2.45, 2.75) is 143 Å². The number of ether oxygens (including phenoxy) is 7. The van der Waals surface area contributed by atoms with E-state index in [0.29, 0.717) is 0 Å². The zero-order valence-electron chi connectivity index (χ0n) is 31.5. The number of Topliss-reactive ketones (excluding diaryl/α,β-unsaturated/α-hetero) is 1. The minimum absolute atomic E-state index is 0.497. The number of aliphatic hydroxyl groups is 1. The third-order valence-electron chi connectivity index (χ3n) is 9.67. The molecule has 3 rings (SSSR count). The van der Waals surface area contributed by atoms with Gasteiger partial charge in [-0.2, -0.15) is 0 Å². The number of hydrogen-bond acceptors (Lipinski definition) is 16. The first-order valence-corrected chi connectivity index (χ1v) is 17.1. The smallest absolute Gasteiger partial charge is 0.308 e. The van der Waals surface area contributed by atoms with Crippen LogP contribution in [0.3, 0.4) is 0 Å². The standard InChI is InChI=1S/C36H50O16/c1-17(2)32(44)50-31-26(46-19(4)37)30(48-21(6)39)33(9,10)14-12-18(3)27(43)35(45)16-34(11,51-22(7)40)28(47-20(5)38)25(35)29-36(31,52-23(8)41)15-13-24(42)49-29/h12,14,17-18,25-26,28-31,45H,13,15-16H2,1-11H3/b14-12-/t18?,25?,26-,28+,29+,30+,31+,34+,35?,36-/m0/s1. The average molecular weight is 739 g/mol. The molecule has 0 bridgehead atoms. The van der Waals surface area contributed by atoms with E-state index in [1.165, 1.54) is 39.8 Å². The number of carbonyl (C=O) groups excluding carboxylic acids is 8. The number of hydrogen-bond donors (Lipinski definition) is 1. The molecule has 290 valence electrons. The molecule has 3 aliphatic rings. The predicted octanol–water partition coefficient (Wildman–Crippen LogP) is 2.23. The largest absolute Gasteiger partial charge is 0.458 e. The number of esters is 7. The van der Waals surface area contributed by atoms with E-state index >= 15 is 0 Å². The van der Waals surface area contributed by atoms with Crippen molar-refractivity contribution in [3.63, 3.8) is 0 Å². The number of rotatable bonds is 7. The van der Waals surface area contributed by atoms with Gasteiger partial charge in [-0.05, 0) is 6.92 Å². The summed E-state index contributed by atoms with van der Waals surface area (Å²) in [5.41, 5.74) is -8.43. The maximum Gasteiger partial charge on any atom is 0.308 e. The van der Waals surface area contributed by atoms with Crippen molar-refractivity contribution in [3.05, 3.63) is 12.2 Å². The van der Waals surface area contributed by atoms with Gasteiger partial charge in [-0.3, -0.25) is 38.4 Å². The molecule has 1 heterocycles. The fourth-order valence-electron chi connectivity index (χ4n) is 7.67. The molecule has 16 heteroatoms. The molecule has 0 amide bonds. The Morgan fingerprint density at radius 2 is 1.33 bits per heavy atom. The van der Waals surface area contributed by atoms with Crippen molar-refractivity contribution in [2.75, 3.05) is 0 Å². The molecule has 52 heavy (non-hydrogen) atoms. The number of ketones is 1. The topological polar surface area (TPSA) is 221 Å². The van der Waals surface area contributed by atoms with E-state index < -0.39 is 137 Å². The van der Waals surface area contributed by atoms with E-state index in [-0.39, 0.29) is 0 Å². The Bertz CT molecular complexity index is 1510. The lowest BCUT2D eigenvalue weighted by molar-refractivity contribution is -0.271. The van der Waals surface area contributed by atoms with Crippen LogP contribution in [-0.4, -0.2) is 100.0 Å². The number of fused-ring (bicyclic) bond motifs is 3. The number of carbonyl (C=O) groups is 8. The Morgan fingerprint density at radius 3 is 1.83 bits per heavy atom. The third-order valence-corrected chi connectivity index (χ3v) is 9.67. The fourth-order valence-corrected chi connectivity index (χ4v) is 7.67. The Kier molecular flexibility index (Phi) is 12.4. The lowest BCUT2D eigenvalue weighted by Crippen LogP contribution is -2.71. The molecule has 1 saturated carbocycles. The SMILES string of the molecule is CC(=O)O[C@H]1[C@@H](OC(C)=O)C(C)(C)/C=C\C(C)C(=O)C2(O)C[C@@](C)(OC(C)=O)[C@H](OC(C)=O)C2[C@H]2OC(=O)CC[C@@]2(OC(C)=O)[C@@H]1OC(=O)C(C)C. The summed E-state index contributed by atoms with van der Waals surface area (Å²) in [5.74, 6) is -11.3. The molecule has 1 N–H and O–H groups in total. The summed E-state index contributed by atoms with van der Waals surface area (Å²) >= 11 is 0. The average Bonchev–Trinajstić information content (AvgIpc) is 3.20. The molecule has 3 unspecified atom stereocenters. The quantitative estimate of drug-likeness (QED) is 0.225. The lowest BCUT2D eigenvalue weighted by atomic mass is 9.66. The molecular formula is C36H50O16. The van der Waals surface area contributed by atoms with Crippen LogP contribution in [0.15, 0.2) is 12.2 Å². The molecule has 16 nitrogen and oxygen atoms in total. The summed E-state index contributed by atoms with van der Waals surface area (Å²) in [6.07, 6.45) is -7.94. The zero-order chi connectivity index (χ0) is 39.7. The molecule has 1 saturated heterocycles. The van der Waals surface area contributed by atoms with Gasteiger partial charge in [-0.15, -0.1) is 0 Å². The van der Waals surface area contributed by atoms with Gasteiger partial charge >= 0.3 is 41.8 Å². The van der Waals surface area contributed by atoms with E-state index in [1.54, 1.807) is 13.8 Å². The van der Waals surface area contributed by atoms with Gasteiger partial charge in [-0.1, -0.05) is 46.8 Å². The van der Waals surface area contributed by atoms with Gasteiger partial charge in [0.25, 0.3) is 0 Å². The van der Waals surface area contributed by atoms with Crippen LogP contribution >= 0.6 is 0 Å². The first kappa shape index (κ1) is 42.1.